The Morgan fingerprint density at radius 1 is 1.50 bits per heavy atom. The van der Waals surface area contributed by atoms with Crippen LogP contribution in [-0.2, 0) is 16.2 Å². The van der Waals surface area contributed by atoms with Crippen LogP contribution in [0.2, 0.25) is 0 Å². The van der Waals surface area contributed by atoms with Crippen molar-refractivity contribution >= 4 is 6.08 Å². The summed E-state index contributed by atoms with van der Waals surface area (Å²) in [5.41, 5.74) is 2.15. The van der Waals surface area contributed by atoms with Crippen LogP contribution in [0.1, 0.15) is 11.1 Å². The highest BCUT2D eigenvalue weighted by atomic mass is 16.6. The largest absolute Gasteiger partial charge is 0.381 e. The van der Waals surface area contributed by atoms with Gasteiger partial charge < -0.3 is 4.84 Å². The van der Waals surface area contributed by atoms with Gasteiger partial charge in [-0.15, -0.1) is 0 Å². The molecular formula is C9H9NO2. The predicted octanol–water partition coefficient (Wildman–Crippen LogP) is 1.76. The lowest BCUT2D eigenvalue weighted by Crippen LogP contribution is -1.89. The Hall–Kier alpha value is -1.60. The summed E-state index contributed by atoms with van der Waals surface area (Å²) in [6.07, 6.45) is 1.31. The van der Waals surface area contributed by atoms with Crippen molar-refractivity contribution in [2.75, 3.05) is 0 Å². The molecule has 0 heterocycles. The molecule has 0 radical (unpaired) electrons. The lowest BCUT2D eigenvalue weighted by Gasteiger charge is -2.01. The first-order chi connectivity index (χ1) is 5.84. The molecule has 0 N–H and O–H groups in total. The van der Waals surface area contributed by atoms with Crippen LogP contribution in [0.4, 0.5) is 0 Å². The standard InChI is InChI=1S/C9H9NO2/c1-8-4-2-3-5-9(8)6-12-10-7-11/h2-5H,6H2,1H3. The van der Waals surface area contributed by atoms with Gasteiger partial charge in [0.2, 0.25) is 0 Å². The van der Waals surface area contributed by atoms with E-state index in [4.69, 9.17) is 0 Å². The number of carbonyl (C=O) groups excluding carboxylic acids is 1. The summed E-state index contributed by atoms with van der Waals surface area (Å²) < 4.78 is 0. The number of hydrogen-bond donors (Lipinski definition) is 0. The molecular weight excluding hydrogens is 154 g/mol. The number of isocyanates is 1. The molecule has 1 aromatic carbocycles. The average molecular weight is 163 g/mol. The summed E-state index contributed by atoms with van der Waals surface area (Å²) in [5.74, 6) is 0. The van der Waals surface area contributed by atoms with Crippen LogP contribution >= 0.6 is 0 Å². The maximum Gasteiger partial charge on any atom is 0.276 e. The van der Waals surface area contributed by atoms with Crippen LogP contribution in [0.3, 0.4) is 0 Å². The van der Waals surface area contributed by atoms with Crippen molar-refractivity contribution in [2.24, 2.45) is 5.16 Å². The minimum absolute atomic E-state index is 0.321. The number of aryl methyl sites for hydroxylation is 1. The van der Waals surface area contributed by atoms with Crippen molar-refractivity contribution in [2.45, 2.75) is 13.5 Å². The molecule has 0 spiro atoms. The molecule has 1 aromatic rings. The van der Waals surface area contributed by atoms with E-state index < -0.39 is 0 Å². The molecule has 62 valence electrons. The minimum atomic E-state index is 0.321. The Balaban J connectivity index is 2.62. The third-order valence-corrected chi connectivity index (χ3v) is 1.58. The highest BCUT2D eigenvalue weighted by Crippen LogP contribution is 2.07. The number of nitrogens with zero attached hydrogens (tertiary/aromatic N) is 1. The molecule has 0 unspecified atom stereocenters. The third-order valence-electron chi connectivity index (χ3n) is 1.58. The number of hydrogen-bond acceptors (Lipinski definition) is 3. The minimum Gasteiger partial charge on any atom is -0.381 e. The van der Waals surface area contributed by atoms with Crippen molar-refractivity contribution in [3.63, 3.8) is 0 Å². The van der Waals surface area contributed by atoms with Gasteiger partial charge in [-0.25, -0.2) is 4.79 Å². The predicted molar refractivity (Wildman–Crippen MR) is 44.1 cm³/mol. The monoisotopic (exact) mass is 163 g/mol. The molecule has 0 fully saturated rings. The fourth-order valence-electron chi connectivity index (χ4n) is 0.900. The summed E-state index contributed by atoms with van der Waals surface area (Å²) in [6, 6.07) is 7.76. The summed E-state index contributed by atoms with van der Waals surface area (Å²) in [5, 5.41) is 3.00. The zero-order chi connectivity index (χ0) is 8.81. The molecule has 0 saturated heterocycles. The second-order valence-electron chi connectivity index (χ2n) is 2.38. The van der Waals surface area contributed by atoms with Gasteiger partial charge >= 0.3 is 0 Å². The zero-order valence-corrected chi connectivity index (χ0v) is 6.78. The van der Waals surface area contributed by atoms with Crippen molar-refractivity contribution in [1.29, 1.82) is 0 Å². The first-order valence-electron chi connectivity index (χ1n) is 3.58. The van der Waals surface area contributed by atoms with Gasteiger partial charge in [0.05, 0.1) is 0 Å². The van der Waals surface area contributed by atoms with Crippen molar-refractivity contribution in [1.82, 2.24) is 0 Å². The first kappa shape index (κ1) is 8.50. The molecule has 0 aliphatic rings. The van der Waals surface area contributed by atoms with Gasteiger partial charge in [-0.2, -0.15) is 0 Å². The molecule has 0 aromatic heterocycles. The maximum atomic E-state index is 9.66. The van der Waals surface area contributed by atoms with E-state index in [1.165, 1.54) is 6.08 Å². The number of benzene rings is 1. The van der Waals surface area contributed by atoms with E-state index in [0.717, 1.165) is 11.1 Å². The Labute approximate surface area is 70.7 Å². The molecule has 0 aliphatic heterocycles. The molecule has 0 aliphatic carbocycles. The third kappa shape index (κ3) is 2.22. The average Bonchev–Trinajstić information content (AvgIpc) is 2.09. The van der Waals surface area contributed by atoms with E-state index in [1.54, 1.807) is 0 Å². The summed E-state index contributed by atoms with van der Waals surface area (Å²) in [4.78, 5) is 14.3. The zero-order valence-electron chi connectivity index (χ0n) is 6.78. The molecule has 1 rings (SSSR count). The second kappa shape index (κ2) is 4.31. The molecule has 3 heteroatoms. The summed E-state index contributed by atoms with van der Waals surface area (Å²) in [6.45, 7) is 2.30. The normalized spacial score (nSPS) is 8.75. The molecule has 0 saturated carbocycles. The Bertz CT molecular complexity index is 303. The van der Waals surface area contributed by atoms with Crippen molar-refractivity contribution < 1.29 is 9.63 Å². The van der Waals surface area contributed by atoms with Gasteiger partial charge in [-0.1, -0.05) is 24.3 Å². The SMILES string of the molecule is Cc1ccccc1CON=C=O. The first-order valence-corrected chi connectivity index (χ1v) is 3.58. The van der Waals surface area contributed by atoms with E-state index in [1.807, 2.05) is 31.2 Å². The van der Waals surface area contributed by atoms with Gasteiger partial charge in [0.1, 0.15) is 6.61 Å². The smallest absolute Gasteiger partial charge is 0.276 e. The van der Waals surface area contributed by atoms with E-state index in [2.05, 4.69) is 9.99 Å². The molecule has 0 bridgehead atoms. The highest BCUT2D eigenvalue weighted by Gasteiger charge is 1.95. The van der Waals surface area contributed by atoms with Crippen molar-refractivity contribution in [3.8, 4) is 0 Å². The Kier molecular flexibility index (Phi) is 3.05. The second-order valence-corrected chi connectivity index (χ2v) is 2.38. The van der Waals surface area contributed by atoms with Gasteiger partial charge in [0.25, 0.3) is 6.08 Å². The van der Waals surface area contributed by atoms with E-state index in [0.29, 0.717) is 6.61 Å². The quantitative estimate of drug-likeness (QED) is 0.387. The van der Waals surface area contributed by atoms with Gasteiger partial charge in [-0.05, 0) is 18.1 Å². The topological polar surface area (TPSA) is 38.7 Å². The van der Waals surface area contributed by atoms with Crippen LogP contribution in [0, 0.1) is 6.92 Å². The van der Waals surface area contributed by atoms with Gasteiger partial charge in [-0.3, -0.25) is 0 Å². The van der Waals surface area contributed by atoms with Crippen molar-refractivity contribution in [3.05, 3.63) is 35.4 Å². The van der Waals surface area contributed by atoms with Crippen LogP contribution in [0.15, 0.2) is 29.4 Å². The van der Waals surface area contributed by atoms with Gasteiger partial charge in [0.15, 0.2) is 0 Å². The van der Waals surface area contributed by atoms with E-state index in [-0.39, 0.29) is 0 Å². The van der Waals surface area contributed by atoms with Crippen LogP contribution in [0.5, 0.6) is 0 Å². The fraction of sp³-hybridized carbons (Fsp3) is 0.222. The molecule has 0 amide bonds. The van der Waals surface area contributed by atoms with E-state index in [9.17, 15) is 4.79 Å². The fourth-order valence-corrected chi connectivity index (χ4v) is 0.900. The molecule has 0 atom stereocenters. The van der Waals surface area contributed by atoms with E-state index >= 15 is 0 Å². The van der Waals surface area contributed by atoms with Crippen LogP contribution < -0.4 is 0 Å². The summed E-state index contributed by atoms with van der Waals surface area (Å²) in [7, 11) is 0. The molecule has 12 heavy (non-hydrogen) atoms. The maximum absolute atomic E-state index is 9.66. The van der Waals surface area contributed by atoms with Gasteiger partial charge in [0, 0.05) is 5.16 Å². The lowest BCUT2D eigenvalue weighted by molar-refractivity contribution is 0.129. The Morgan fingerprint density at radius 3 is 2.92 bits per heavy atom. The molecule has 3 nitrogen and oxygen atoms in total. The highest BCUT2D eigenvalue weighted by molar-refractivity contribution is 5.31. The number of rotatable bonds is 3. The van der Waals surface area contributed by atoms with Crippen LogP contribution in [-0.4, -0.2) is 6.08 Å². The van der Waals surface area contributed by atoms with Crippen LogP contribution in [0.25, 0.3) is 0 Å². The summed E-state index contributed by atoms with van der Waals surface area (Å²) >= 11 is 0. The Morgan fingerprint density at radius 2 is 2.25 bits per heavy atom. The lowest BCUT2D eigenvalue weighted by atomic mass is 10.1.